The zero-order valence-electron chi connectivity index (χ0n) is 13.5. The van der Waals surface area contributed by atoms with Crippen molar-refractivity contribution in [2.24, 2.45) is 5.73 Å². The van der Waals surface area contributed by atoms with E-state index in [2.05, 4.69) is 4.98 Å². The van der Waals surface area contributed by atoms with Crippen LogP contribution in [0.1, 0.15) is 28.4 Å². The summed E-state index contributed by atoms with van der Waals surface area (Å²) in [5.74, 6) is -0.495. The van der Waals surface area contributed by atoms with Crippen LogP contribution < -0.4 is 5.73 Å². The highest BCUT2D eigenvalue weighted by Gasteiger charge is 2.38. The lowest BCUT2D eigenvalue weighted by Crippen LogP contribution is -2.13. The third-order valence-corrected chi connectivity index (χ3v) is 4.14. The minimum Gasteiger partial charge on any atom is -0.357 e. The number of aromatic nitrogens is 1. The molecule has 0 fully saturated rings. The Hall–Kier alpha value is -2.55. The molecular formula is C18H13F7N2. The highest BCUT2D eigenvalue weighted by Crippen LogP contribution is 2.40. The van der Waals surface area contributed by atoms with Gasteiger partial charge in [0.25, 0.3) is 0 Å². The average Bonchev–Trinajstić information content (AvgIpc) is 2.96. The molecule has 0 unspecified atom stereocenters. The fourth-order valence-corrected chi connectivity index (χ4v) is 2.89. The molecule has 0 aliphatic heterocycles. The first-order valence-corrected chi connectivity index (χ1v) is 7.76. The van der Waals surface area contributed by atoms with Gasteiger partial charge in [-0.3, -0.25) is 0 Å². The van der Waals surface area contributed by atoms with E-state index in [4.69, 9.17) is 5.73 Å². The van der Waals surface area contributed by atoms with E-state index in [1.165, 1.54) is 18.2 Å². The van der Waals surface area contributed by atoms with Crippen LogP contribution in [0, 0.1) is 5.82 Å². The molecule has 1 heterocycles. The molecule has 0 saturated carbocycles. The number of H-pyrrole nitrogens is 1. The number of nitrogens with two attached hydrogens (primary N) is 1. The van der Waals surface area contributed by atoms with Gasteiger partial charge in [-0.2, -0.15) is 26.3 Å². The van der Waals surface area contributed by atoms with Crippen LogP contribution in [0.5, 0.6) is 0 Å². The Kier molecular flexibility index (Phi) is 4.67. The van der Waals surface area contributed by atoms with Crippen LogP contribution in [0.2, 0.25) is 0 Å². The Balaban J connectivity index is 2.05. The largest absolute Gasteiger partial charge is 0.417 e. The number of hydrogen-bond donors (Lipinski definition) is 2. The molecule has 1 atom stereocenters. The van der Waals surface area contributed by atoms with Gasteiger partial charge in [0.15, 0.2) is 0 Å². The molecule has 2 nitrogen and oxygen atoms in total. The van der Waals surface area contributed by atoms with Gasteiger partial charge in [-0.15, -0.1) is 0 Å². The number of alkyl halides is 6. The Bertz CT molecular complexity index is 970. The van der Waals surface area contributed by atoms with Crippen LogP contribution in [0.25, 0.3) is 10.9 Å². The molecule has 2 aromatic carbocycles. The van der Waals surface area contributed by atoms with Gasteiger partial charge in [0, 0.05) is 22.6 Å². The quantitative estimate of drug-likeness (QED) is 0.563. The lowest BCUT2D eigenvalue weighted by molar-refractivity contribution is -0.142. The van der Waals surface area contributed by atoms with E-state index < -0.39 is 40.7 Å². The Morgan fingerprint density at radius 3 is 2.22 bits per heavy atom. The molecule has 0 bridgehead atoms. The first kappa shape index (κ1) is 19.2. The summed E-state index contributed by atoms with van der Waals surface area (Å²) in [4.78, 5) is 2.54. The van der Waals surface area contributed by atoms with E-state index in [1.54, 1.807) is 6.07 Å². The monoisotopic (exact) mass is 390 g/mol. The highest BCUT2D eigenvalue weighted by atomic mass is 19.4. The molecular weight excluding hydrogens is 377 g/mol. The van der Waals surface area contributed by atoms with Crippen LogP contribution in [-0.4, -0.2) is 4.98 Å². The fraction of sp³-hybridized carbons (Fsp3) is 0.222. The maximum absolute atomic E-state index is 13.2. The third-order valence-electron chi connectivity index (χ3n) is 4.14. The number of rotatable bonds is 3. The summed E-state index contributed by atoms with van der Waals surface area (Å²) >= 11 is 0. The van der Waals surface area contributed by atoms with E-state index >= 15 is 0 Å². The second-order valence-corrected chi connectivity index (χ2v) is 6.15. The highest BCUT2D eigenvalue weighted by molar-refractivity contribution is 5.85. The van der Waals surface area contributed by atoms with Gasteiger partial charge in [-0.1, -0.05) is 12.1 Å². The summed E-state index contributed by atoms with van der Waals surface area (Å²) in [5.41, 5.74) is 3.48. The van der Waals surface area contributed by atoms with E-state index in [1.807, 2.05) is 0 Å². The third kappa shape index (κ3) is 4.08. The lowest BCUT2D eigenvalue weighted by Gasteiger charge is -2.12. The van der Waals surface area contributed by atoms with Crippen molar-refractivity contribution in [1.29, 1.82) is 0 Å². The molecule has 27 heavy (non-hydrogen) atoms. The summed E-state index contributed by atoms with van der Waals surface area (Å²) < 4.78 is 91.7. The standard InChI is InChI=1S/C18H13F7N2/c19-11-3-1-2-9(4-11)5-14(26)16-8-12-13(18(23,24)25)6-10(17(20,21)22)7-15(12)27-16/h1-4,6-8,14,27H,5,26H2/t14-/m1/s1. The van der Waals surface area contributed by atoms with E-state index in [0.29, 0.717) is 11.6 Å². The number of benzene rings is 2. The second kappa shape index (κ2) is 6.56. The van der Waals surface area contributed by atoms with Crippen molar-refractivity contribution >= 4 is 10.9 Å². The second-order valence-electron chi connectivity index (χ2n) is 6.15. The molecule has 3 aromatic rings. The van der Waals surface area contributed by atoms with Gasteiger partial charge in [0.1, 0.15) is 5.82 Å². The van der Waals surface area contributed by atoms with Crippen LogP contribution in [0.4, 0.5) is 30.7 Å². The normalized spacial score (nSPS) is 13.9. The van der Waals surface area contributed by atoms with Gasteiger partial charge < -0.3 is 10.7 Å². The summed E-state index contributed by atoms with van der Waals surface area (Å²) in [5, 5.41) is -0.403. The summed E-state index contributed by atoms with van der Waals surface area (Å²) in [7, 11) is 0. The van der Waals surface area contributed by atoms with Crippen LogP contribution >= 0.6 is 0 Å². The van der Waals surface area contributed by atoms with Crippen molar-refractivity contribution in [3.8, 4) is 0 Å². The molecule has 144 valence electrons. The van der Waals surface area contributed by atoms with Crippen molar-refractivity contribution < 1.29 is 30.7 Å². The molecule has 0 spiro atoms. The maximum atomic E-state index is 13.2. The van der Waals surface area contributed by atoms with E-state index in [0.717, 1.165) is 6.07 Å². The van der Waals surface area contributed by atoms with E-state index in [-0.39, 0.29) is 23.7 Å². The topological polar surface area (TPSA) is 41.8 Å². The molecule has 0 aliphatic rings. The first-order valence-electron chi connectivity index (χ1n) is 7.76. The Labute approximate surface area is 148 Å². The Morgan fingerprint density at radius 1 is 0.926 bits per heavy atom. The van der Waals surface area contributed by atoms with Crippen molar-refractivity contribution in [3.05, 3.63) is 70.7 Å². The number of fused-ring (bicyclic) bond motifs is 1. The fourth-order valence-electron chi connectivity index (χ4n) is 2.89. The zero-order valence-corrected chi connectivity index (χ0v) is 13.5. The number of halogens is 7. The van der Waals surface area contributed by atoms with Crippen molar-refractivity contribution in [3.63, 3.8) is 0 Å². The van der Waals surface area contributed by atoms with Crippen LogP contribution in [-0.2, 0) is 18.8 Å². The van der Waals surface area contributed by atoms with Gasteiger partial charge in [0.2, 0.25) is 0 Å². The predicted octanol–water partition coefficient (Wildman–Crippen LogP) is 5.59. The molecule has 3 N–H and O–H groups in total. The minimum absolute atomic E-state index is 0.0814. The molecule has 0 radical (unpaired) electrons. The van der Waals surface area contributed by atoms with Crippen molar-refractivity contribution in [2.45, 2.75) is 24.8 Å². The minimum atomic E-state index is -4.97. The maximum Gasteiger partial charge on any atom is 0.417 e. The smallest absolute Gasteiger partial charge is 0.357 e. The van der Waals surface area contributed by atoms with Gasteiger partial charge in [0.05, 0.1) is 11.1 Å². The Morgan fingerprint density at radius 2 is 1.63 bits per heavy atom. The average molecular weight is 390 g/mol. The van der Waals surface area contributed by atoms with Gasteiger partial charge in [-0.05, 0) is 42.3 Å². The molecule has 0 saturated heterocycles. The molecule has 1 aromatic heterocycles. The van der Waals surface area contributed by atoms with Crippen LogP contribution in [0.15, 0.2) is 42.5 Å². The predicted molar refractivity (Wildman–Crippen MR) is 85.3 cm³/mol. The summed E-state index contributed by atoms with van der Waals surface area (Å²) in [6, 6.07) is 6.43. The van der Waals surface area contributed by atoms with Gasteiger partial charge in [-0.25, -0.2) is 4.39 Å². The number of nitrogens with one attached hydrogen (secondary N) is 1. The lowest BCUT2D eigenvalue weighted by atomic mass is 10.0. The molecule has 0 amide bonds. The van der Waals surface area contributed by atoms with E-state index in [9.17, 15) is 30.7 Å². The van der Waals surface area contributed by atoms with Crippen molar-refractivity contribution in [1.82, 2.24) is 4.98 Å². The zero-order chi connectivity index (χ0) is 20.0. The number of hydrogen-bond acceptors (Lipinski definition) is 1. The van der Waals surface area contributed by atoms with Crippen LogP contribution in [0.3, 0.4) is 0 Å². The number of aromatic amines is 1. The molecule has 9 heteroatoms. The van der Waals surface area contributed by atoms with Gasteiger partial charge >= 0.3 is 12.4 Å². The SMILES string of the molecule is N[C@H](Cc1cccc(F)c1)c1cc2c(C(F)(F)F)cc(C(F)(F)F)cc2[nH]1. The first-order chi connectivity index (χ1) is 12.4. The molecule has 3 rings (SSSR count). The summed E-state index contributed by atoms with van der Waals surface area (Å²) in [6.45, 7) is 0. The van der Waals surface area contributed by atoms with Crippen molar-refractivity contribution in [2.75, 3.05) is 0 Å². The molecule has 0 aliphatic carbocycles. The summed E-state index contributed by atoms with van der Waals surface area (Å²) in [6.07, 6.45) is -9.80.